The van der Waals surface area contributed by atoms with Gasteiger partial charge in [-0.2, -0.15) is 0 Å². The van der Waals surface area contributed by atoms with E-state index in [0.29, 0.717) is 16.6 Å². The molecule has 0 aliphatic heterocycles. The zero-order valence-corrected chi connectivity index (χ0v) is 13.1. The van der Waals surface area contributed by atoms with Crippen LogP contribution in [0.1, 0.15) is 0 Å². The lowest BCUT2D eigenvalue weighted by Crippen LogP contribution is -2.20. The van der Waals surface area contributed by atoms with Gasteiger partial charge in [0.1, 0.15) is 17.4 Å². The molecule has 0 radical (unpaired) electrons. The fourth-order valence-electron chi connectivity index (χ4n) is 1.97. The molecule has 0 aliphatic carbocycles. The smallest absolute Gasteiger partial charge is 0.264 e. The molecule has 0 atom stereocenters. The minimum absolute atomic E-state index is 0.163. The van der Waals surface area contributed by atoms with Crippen molar-refractivity contribution in [2.75, 3.05) is 11.9 Å². The molecular weight excluding hydrogens is 334 g/mol. The molecule has 3 aromatic rings. The van der Waals surface area contributed by atoms with E-state index in [1.54, 1.807) is 29.6 Å². The van der Waals surface area contributed by atoms with Crippen LogP contribution < -0.4 is 10.1 Å². The summed E-state index contributed by atoms with van der Waals surface area (Å²) in [5.74, 6) is -1.15. The van der Waals surface area contributed by atoms with Crippen molar-refractivity contribution < 1.29 is 18.3 Å². The van der Waals surface area contributed by atoms with Gasteiger partial charge in [-0.05, 0) is 24.3 Å². The molecule has 0 fully saturated rings. The summed E-state index contributed by atoms with van der Waals surface area (Å²) in [5.41, 5.74) is 0.505. The number of nitrogens with one attached hydrogen (secondary N) is 1. The molecule has 0 unspecified atom stereocenters. The fourth-order valence-corrected chi connectivity index (χ4v) is 2.70. The number of carbonyl (C=O) groups is 1. The van der Waals surface area contributed by atoms with Crippen molar-refractivity contribution in [3.63, 3.8) is 0 Å². The second-order valence-electron chi connectivity index (χ2n) is 4.81. The molecule has 4 nitrogen and oxygen atoms in total. The normalized spacial score (nSPS) is 10.4. The van der Waals surface area contributed by atoms with Crippen molar-refractivity contribution in [2.45, 2.75) is 0 Å². The van der Waals surface area contributed by atoms with Gasteiger partial charge in [0.05, 0.1) is 5.69 Å². The second-order valence-corrected chi connectivity index (χ2v) is 5.67. The zero-order chi connectivity index (χ0) is 16.9. The number of rotatable bonds is 5. The first kappa shape index (κ1) is 16.1. The monoisotopic (exact) mass is 346 g/mol. The standard InChI is InChI=1S/C17H12F2N2O2S/c18-11-6-7-13(14(19)8-11)15-10-24-17(20-15)21-16(22)9-23-12-4-2-1-3-5-12/h1-8,10H,9H2,(H,20,21,22). The van der Waals surface area contributed by atoms with Gasteiger partial charge in [0.15, 0.2) is 11.7 Å². The van der Waals surface area contributed by atoms with Gasteiger partial charge in [-0.1, -0.05) is 18.2 Å². The van der Waals surface area contributed by atoms with Crippen molar-refractivity contribution in [3.8, 4) is 17.0 Å². The molecular formula is C17H12F2N2O2S. The third kappa shape index (κ3) is 3.94. The first-order valence-corrected chi connectivity index (χ1v) is 7.88. The number of aromatic nitrogens is 1. The molecule has 0 bridgehead atoms. The van der Waals surface area contributed by atoms with Crippen LogP contribution >= 0.6 is 11.3 Å². The van der Waals surface area contributed by atoms with Crippen LogP contribution in [0.15, 0.2) is 53.9 Å². The van der Waals surface area contributed by atoms with Crippen LogP contribution in [-0.2, 0) is 4.79 Å². The fraction of sp³-hybridized carbons (Fsp3) is 0.0588. The lowest BCUT2D eigenvalue weighted by Gasteiger charge is -2.05. The summed E-state index contributed by atoms with van der Waals surface area (Å²) in [6.07, 6.45) is 0. The molecule has 24 heavy (non-hydrogen) atoms. The van der Waals surface area contributed by atoms with Crippen LogP contribution in [0, 0.1) is 11.6 Å². The number of amides is 1. The molecule has 122 valence electrons. The van der Waals surface area contributed by atoms with Crippen LogP contribution in [0.5, 0.6) is 5.75 Å². The first-order valence-electron chi connectivity index (χ1n) is 7.00. The first-order chi connectivity index (χ1) is 11.6. The predicted molar refractivity (Wildman–Crippen MR) is 88.0 cm³/mol. The average molecular weight is 346 g/mol. The minimum atomic E-state index is -0.703. The number of para-hydroxylation sites is 1. The van der Waals surface area contributed by atoms with E-state index in [1.165, 1.54) is 6.07 Å². The predicted octanol–water partition coefficient (Wildman–Crippen LogP) is 4.11. The quantitative estimate of drug-likeness (QED) is 0.756. The Morgan fingerprint density at radius 2 is 1.96 bits per heavy atom. The molecule has 1 heterocycles. The molecule has 3 rings (SSSR count). The second kappa shape index (κ2) is 7.18. The SMILES string of the molecule is O=C(COc1ccccc1)Nc1nc(-c2ccc(F)cc2F)cs1. The number of carbonyl (C=O) groups excluding carboxylic acids is 1. The van der Waals surface area contributed by atoms with Gasteiger partial charge in [0.25, 0.3) is 5.91 Å². The van der Waals surface area contributed by atoms with Crippen LogP contribution in [0.2, 0.25) is 0 Å². The van der Waals surface area contributed by atoms with Gasteiger partial charge in [0.2, 0.25) is 0 Å². The van der Waals surface area contributed by atoms with E-state index in [1.807, 2.05) is 6.07 Å². The maximum Gasteiger partial charge on any atom is 0.264 e. The highest BCUT2D eigenvalue weighted by Gasteiger charge is 2.12. The van der Waals surface area contributed by atoms with Crippen molar-refractivity contribution in [1.29, 1.82) is 0 Å². The summed E-state index contributed by atoms with van der Waals surface area (Å²) in [7, 11) is 0. The summed E-state index contributed by atoms with van der Waals surface area (Å²) in [5, 5.41) is 4.48. The Kier molecular flexibility index (Phi) is 4.81. The van der Waals surface area contributed by atoms with E-state index in [-0.39, 0.29) is 18.1 Å². The van der Waals surface area contributed by atoms with Crippen LogP contribution in [-0.4, -0.2) is 17.5 Å². The summed E-state index contributed by atoms with van der Waals surface area (Å²) in [4.78, 5) is 16.0. The van der Waals surface area contributed by atoms with Gasteiger partial charge in [-0.3, -0.25) is 10.1 Å². The summed E-state index contributed by atoms with van der Waals surface area (Å²) < 4.78 is 32.0. The van der Waals surface area contributed by atoms with Gasteiger partial charge >= 0.3 is 0 Å². The van der Waals surface area contributed by atoms with E-state index >= 15 is 0 Å². The molecule has 0 saturated carbocycles. The number of halogens is 2. The number of ether oxygens (including phenoxy) is 1. The Hall–Kier alpha value is -2.80. The largest absolute Gasteiger partial charge is 0.484 e. The van der Waals surface area contributed by atoms with Gasteiger partial charge in [-0.15, -0.1) is 11.3 Å². The highest BCUT2D eigenvalue weighted by Crippen LogP contribution is 2.27. The number of thiazole rings is 1. The van der Waals surface area contributed by atoms with Gasteiger partial charge in [-0.25, -0.2) is 13.8 Å². The molecule has 0 saturated heterocycles. The summed E-state index contributed by atoms with van der Waals surface area (Å²) in [6, 6.07) is 12.2. The van der Waals surface area contributed by atoms with Crippen LogP contribution in [0.25, 0.3) is 11.3 Å². The van der Waals surface area contributed by atoms with Crippen molar-refractivity contribution >= 4 is 22.4 Å². The molecule has 1 N–H and O–H groups in total. The number of benzene rings is 2. The third-order valence-electron chi connectivity index (χ3n) is 3.07. The highest BCUT2D eigenvalue weighted by atomic mass is 32.1. The number of nitrogens with zero attached hydrogens (tertiary/aromatic N) is 1. The number of hydrogen-bond acceptors (Lipinski definition) is 4. The molecule has 1 amide bonds. The Balaban J connectivity index is 1.62. The Labute approximate surface area is 140 Å². The summed E-state index contributed by atoms with van der Waals surface area (Å²) in [6.45, 7) is -0.163. The highest BCUT2D eigenvalue weighted by molar-refractivity contribution is 7.14. The number of hydrogen-bond donors (Lipinski definition) is 1. The van der Waals surface area contributed by atoms with Gasteiger partial charge in [0, 0.05) is 17.0 Å². The maximum atomic E-state index is 13.7. The van der Waals surface area contributed by atoms with E-state index in [0.717, 1.165) is 23.5 Å². The lowest BCUT2D eigenvalue weighted by atomic mass is 10.1. The van der Waals surface area contributed by atoms with Gasteiger partial charge < -0.3 is 4.74 Å². The number of anilines is 1. The van der Waals surface area contributed by atoms with Crippen LogP contribution in [0.4, 0.5) is 13.9 Å². The van der Waals surface area contributed by atoms with E-state index in [9.17, 15) is 13.6 Å². The molecule has 0 spiro atoms. The van der Waals surface area contributed by atoms with Crippen molar-refractivity contribution in [3.05, 3.63) is 65.5 Å². The van der Waals surface area contributed by atoms with Crippen LogP contribution in [0.3, 0.4) is 0 Å². The Morgan fingerprint density at radius 3 is 2.71 bits per heavy atom. The molecule has 7 heteroatoms. The van der Waals surface area contributed by atoms with E-state index < -0.39 is 11.6 Å². The molecule has 1 aromatic heterocycles. The molecule has 2 aromatic carbocycles. The third-order valence-corrected chi connectivity index (χ3v) is 3.83. The zero-order valence-electron chi connectivity index (χ0n) is 12.3. The van der Waals surface area contributed by atoms with E-state index in [4.69, 9.17) is 4.74 Å². The minimum Gasteiger partial charge on any atom is -0.484 e. The average Bonchev–Trinajstić information content (AvgIpc) is 3.02. The topological polar surface area (TPSA) is 51.2 Å². The van der Waals surface area contributed by atoms with E-state index in [2.05, 4.69) is 10.3 Å². The summed E-state index contributed by atoms with van der Waals surface area (Å²) >= 11 is 1.15. The van der Waals surface area contributed by atoms with Crippen molar-refractivity contribution in [2.24, 2.45) is 0 Å². The Bertz CT molecular complexity index is 853. The van der Waals surface area contributed by atoms with Crippen molar-refractivity contribution in [1.82, 2.24) is 4.98 Å². The molecule has 0 aliphatic rings. The maximum absolute atomic E-state index is 13.7. The lowest BCUT2D eigenvalue weighted by molar-refractivity contribution is -0.118. The Morgan fingerprint density at radius 1 is 1.17 bits per heavy atom.